The molecule has 0 unspecified atom stereocenters. The van der Waals surface area contributed by atoms with Gasteiger partial charge in [0.05, 0.1) is 6.61 Å². The van der Waals surface area contributed by atoms with Crippen molar-refractivity contribution in [1.29, 1.82) is 0 Å². The van der Waals surface area contributed by atoms with Crippen LogP contribution in [0.5, 0.6) is 0 Å². The Morgan fingerprint density at radius 2 is 1.80 bits per heavy atom. The Labute approximate surface area is 115 Å². The van der Waals surface area contributed by atoms with Gasteiger partial charge in [-0.15, -0.1) is 11.3 Å². The summed E-state index contributed by atoms with van der Waals surface area (Å²) in [5, 5.41) is 4.59. The molecule has 0 aromatic carbocycles. The number of hydrogen-bond acceptors (Lipinski definition) is 3. The van der Waals surface area contributed by atoms with Crippen molar-refractivity contribution in [2.45, 2.75) is 31.9 Å². The first-order valence-electron chi connectivity index (χ1n) is 5.61. The molecule has 1 rings (SSSR count). The molecule has 0 atom stereocenters. The first kappa shape index (κ1) is 17.3. The molecule has 116 valence electrons. The van der Waals surface area contributed by atoms with E-state index in [1.807, 2.05) is 18.4 Å². The molecule has 0 amide bonds. The van der Waals surface area contributed by atoms with Gasteiger partial charge in [0.25, 0.3) is 0 Å². The number of nitrogens with one attached hydrogen (secondary N) is 1. The van der Waals surface area contributed by atoms with Gasteiger partial charge in [-0.2, -0.15) is 26.3 Å². The van der Waals surface area contributed by atoms with Gasteiger partial charge in [0.15, 0.2) is 0 Å². The van der Waals surface area contributed by atoms with E-state index < -0.39 is 25.1 Å². The zero-order valence-electron chi connectivity index (χ0n) is 10.4. The van der Waals surface area contributed by atoms with Crippen LogP contribution in [-0.2, 0) is 11.3 Å². The molecule has 0 spiro atoms. The lowest BCUT2D eigenvalue weighted by Crippen LogP contribution is -2.45. The second kappa shape index (κ2) is 6.77. The quantitative estimate of drug-likeness (QED) is 0.638. The van der Waals surface area contributed by atoms with Gasteiger partial charge in [-0.25, -0.2) is 0 Å². The molecule has 2 nitrogen and oxygen atoms in total. The molecule has 1 N–H and O–H groups in total. The summed E-state index contributed by atoms with van der Waals surface area (Å²) in [6, 6.07) is 1.88. The van der Waals surface area contributed by atoms with Gasteiger partial charge in [0.1, 0.15) is 0 Å². The van der Waals surface area contributed by atoms with Gasteiger partial charge >= 0.3 is 12.4 Å². The monoisotopic (exact) mass is 321 g/mol. The van der Waals surface area contributed by atoms with Crippen LogP contribution in [-0.4, -0.2) is 31.6 Å². The molecule has 0 radical (unpaired) electrons. The van der Waals surface area contributed by atoms with Gasteiger partial charge in [-0.05, 0) is 23.9 Å². The van der Waals surface area contributed by atoms with E-state index in [9.17, 15) is 26.3 Å². The molecular formula is C11H13F6NOS. The van der Waals surface area contributed by atoms with E-state index in [1.54, 1.807) is 0 Å². The van der Waals surface area contributed by atoms with E-state index in [0.29, 0.717) is 6.54 Å². The summed E-state index contributed by atoms with van der Waals surface area (Å²) in [7, 11) is 0. The molecule has 0 saturated heterocycles. The van der Waals surface area contributed by atoms with Crippen LogP contribution in [0.3, 0.4) is 0 Å². The number of hydrogen-bond donors (Lipinski definition) is 1. The predicted molar refractivity (Wildman–Crippen MR) is 62.6 cm³/mol. The summed E-state index contributed by atoms with van der Waals surface area (Å²) in [5.41, 5.74) is 1.02. The summed E-state index contributed by atoms with van der Waals surface area (Å²) in [4.78, 5) is 0.980. The van der Waals surface area contributed by atoms with Crippen molar-refractivity contribution in [2.24, 2.45) is 0 Å². The summed E-state index contributed by atoms with van der Waals surface area (Å²) in [6.07, 6.45) is -14.6. The zero-order valence-corrected chi connectivity index (χ0v) is 11.3. The molecule has 1 heterocycles. The Hall–Kier alpha value is -0.800. The van der Waals surface area contributed by atoms with Gasteiger partial charge in [0.2, 0.25) is 6.10 Å². The third-order valence-electron chi connectivity index (χ3n) is 2.41. The molecule has 20 heavy (non-hydrogen) atoms. The van der Waals surface area contributed by atoms with E-state index in [1.165, 1.54) is 11.3 Å². The lowest BCUT2D eigenvalue weighted by molar-refractivity contribution is -0.321. The van der Waals surface area contributed by atoms with Crippen molar-refractivity contribution in [3.63, 3.8) is 0 Å². The van der Waals surface area contributed by atoms with Crippen LogP contribution in [0.15, 0.2) is 11.4 Å². The fraction of sp³-hybridized carbons (Fsp3) is 0.636. The van der Waals surface area contributed by atoms with Crippen molar-refractivity contribution >= 4 is 11.3 Å². The van der Waals surface area contributed by atoms with Crippen molar-refractivity contribution in [1.82, 2.24) is 5.32 Å². The van der Waals surface area contributed by atoms with E-state index in [2.05, 4.69) is 10.1 Å². The number of rotatable bonds is 6. The van der Waals surface area contributed by atoms with Crippen molar-refractivity contribution in [3.8, 4) is 0 Å². The first-order chi connectivity index (χ1) is 9.12. The lowest BCUT2D eigenvalue weighted by atomic mass is 10.3. The highest BCUT2D eigenvalue weighted by Crippen LogP contribution is 2.35. The molecule has 0 saturated carbocycles. The minimum atomic E-state index is -5.46. The number of halogens is 6. The lowest BCUT2D eigenvalue weighted by Gasteiger charge is -2.23. The smallest absolute Gasteiger partial charge is 0.360 e. The molecule has 1 aromatic heterocycles. The van der Waals surface area contributed by atoms with Crippen molar-refractivity contribution < 1.29 is 31.1 Å². The number of alkyl halides is 6. The molecular weight excluding hydrogens is 308 g/mol. The van der Waals surface area contributed by atoms with Crippen LogP contribution in [0.4, 0.5) is 26.3 Å². The first-order valence-corrected chi connectivity index (χ1v) is 6.49. The maximum absolute atomic E-state index is 12.1. The largest absolute Gasteiger partial charge is 0.423 e. The minimum Gasteiger partial charge on any atom is -0.360 e. The predicted octanol–water partition coefficient (Wildman–Crippen LogP) is 3.66. The van der Waals surface area contributed by atoms with Crippen molar-refractivity contribution in [2.75, 3.05) is 13.2 Å². The maximum Gasteiger partial charge on any atom is 0.423 e. The Bertz CT molecular complexity index is 400. The Morgan fingerprint density at radius 3 is 2.25 bits per heavy atom. The molecule has 0 aliphatic heterocycles. The average molecular weight is 321 g/mol. The Morgan fingerprint density at radius 1 is 1.20 bits per heavy atom. The maximum atomic E-state index is 12.1. The fourth-order valence-electron chi connectivity index (χ4n) is 1.41. The third-order valence-corrected chi connectivity index (χ3v) is 3.43. The summed E-state index contributed by atoms with van der Waals surface area (Å²) in [6.45, 7) is 1.48. The summed E-state index contributed by atoms with van der Waals surface area (Å²) < 4.78 is 76.7. The fourth-order valence-corrected chi connectivity index (χ4v) is 2.29. The number of aryl methyl sites for hydroxylation is 1. The van der Waals surface area contributed by atoms with Gasteiger partial charge in [-0.3, -0.25) is 0 Å². The molecule has 0 aliphatic carbocycles. The number of ether oxygens (including phenoxy) is 1. The Balaban J connectivity index is 2.33. The molecule has 1 aromatic rings. The average Bonchev–Trinajstić information content (AvgIpc) is 2.65. The second-order valence-electron chi connectivity index (χ2n) is 4.04. The summed E-state index contributed by atoms with van der Waals surface area (Å²) >= 11 is 1.46. The zero-order chi connectivity index (χ0) is 15.4. The van der Waals surface area contributed by atoms with E-state index in [0.717, 1.165) is 10.4 Å². The minimum absolute atomic E-state index is 0.0972. The van der Waals surface area contributed by atoms with E-state index in [-0.39, 0.29) is 6.54 Å². The van der Waals surface area contributed by atoms with Crippen LogP contribution in [0.25, 0.3) is 0 Å². The van der Waals surface area contributed by atoms with Crippen LogP contribution in [0, 0.1) is 6.92 Å². The van der Waals surface area contributed by atoms with Gasteiger partial charge < -0.3 is 10.1 Å². The third kappa shape index (κ3) is 5.29. The topological polar surface area (TPSA) is 21.3 Å². The SMILES string of the molecule is Cc1ccsc1CNCCOC(C(F)(F)F)C(F)(F)F. The molecule has 0 fully saturated rings. The second-order valence-corrected chi connectivity index (χ2v) is 5.04. The molecule has 0 bridgehead atoms. The molecule has 9 heteroatoms. The molecule has 0 aliphatic rings. The van der Waals surface area contributed by atoms with Crippen LogP contribution in [0.1, 0.15) is 10.4 Å². The normalized spacial score (nSPS) is 13.2. The highest BCUT2D eigenvalue weighted by molar-refractivity contribution is 7.10. The highest BCUT2D eigenvalue weighted by atomic mass is 32.1. The van der Waals surface area contributed by atoms with Crippen molar-refractivity contribution in [3.05, 3.63) is 21.9 Å². The number of thiophene rings is 1. The van der Waals surface area contributed by atoms with Crippen LogP contribution in [0.2, 0.25) is 0 Å². The standard InChI is InChI=1S/C11H13F6NOS/c1-7-2-5-20-8(7)6-18-3-4-19-9(10(12,13)14)11(15,16)17/h2,5,9,18H,3-4,6H2,1H3. The van der Waals surface area contributed by atoms with Gasteiger partial charge in [0, 0.05) is 18.0 Å². The Kier molecular flexibility index (Phi) is 5.84. The highest BCUT2D eigenvalue weighted by Gasteiger charge is 2.57. The van der Waals surface area contributed by atoms with E-state index >= 15 is 0 Å². The van der Waals surface area contributed by atoms with Gasteiger partial charge in [-0.1, -0.05) is 0 Å². The van der Waals surface area contributed by atoms with Crippen LogP contribution >= 0.6 is 11.3 Å². The summed E-state index contributed by atoms with van der Waals surface area (Å²) in [5.74, 6) is 0. The van der Waals surface area contributed by atoms with E-state index in [4.69, 9.17) is 0 Å². The van der Waals surface area contributed by atoms with Crippen LogP contribution < -0.4 is 5.32 Å².